The van der Waals surface area contributed by atoms with Crippen LogP contribution in [0.15, 0.2) is 30.9 Å². The quantitative estimate of drug-likeness (QED) is 0.456. The molecule has 76 valence electrons. The maximum atomic E-state index is 6.02. The smallest absolute Gasteiger partial charge is 0.0494 e. The summed E-state index contributed by atoms with van der Waals surface area (Å²) in [4.78, 5) is 0. The number of rotatable bonds is 4. The van der Waals surface area contributed by atoms with Gasteiger partial charge in [0, 0.05) is 11.1 Å². The summed E-state index contributed by atoms with van der Waals surface area (Å²) in [6, 6.07) is 6.04. The highest BCUT2D eigenvalue weighted by atomic mass is 35.5. The van der Waals surface area contributed by atoms with E-state index >= 15 is 0 Å². The second-order valence-electron chi connectivity index (χ2n) is 3.25. The molecule has 1 aromatic carbocycles. The lowest BCUT2D eigenvalue weighted by atomic mass is 10.0. The van der Waals surface area contributed by atoms with Crippen LogP contribution in [-0.4, -0.2) is 0 Å². The number of benzene rings is 1. The molecule has 0 aromatic heterocycles. The molecular formula is C11H15ClN2. The highest BCUT2D eigenvalue weighted by Crippen LogP contribution is 2.22. The predicted molar refractivity (Wildman–Crippen MR) is 61.1 cm³/mol. The molecule has 0 amide bonds. The van der Waals surface area contributed by atoms with Crippen LogP contribution in [0.25, 0.3) is 0 Å². The van der Waals surface area contributed by atoms with Crippen molar-refractivity contribution in [3.05, 3.63) is 47.0 Å². The van der Waals surface area contributed by atoms with Gasteiger partial charge in [-0.15, -0.1) is 6.58 Å². The van der Waals surface area contributed by atoms with Crippen molar-refractivity contribution < 1.29 is 0 Å². The molecule has 2 nitrogen and oxygen atoms in total. The minimum Gasteiger partial charge on any atom is -0.271 e. The number of halogens is 1. The summed E-state index contributed by atoms with van der Waals surface area (Å²) in [5.74, 6) is 5.44. The molecule has 1 rings (SSSR count). The van der Waals surface area contributed by atoms with Gasteiger partial charge in [-0.1, -0.05) is 29.8 Å². The first kappa shape index (κ1) is 11.2. The van der Waals surface area contributed by atoms with E-state index in [4.69, 9.17) is 17.4 Å². The SMILES string of the molecule is C=CCC(NN)c1ccc(C)c(Cl)c1. The van der Waals surface area contributed by atoms with Crippen LogP contribution in [0.1, 0.15) is 23.6 Å². The average molecular weight is 211 g/mol. The van der Waals surface area contributed by atoms with Crippen LogP contribution in [0.4, 0.5) is 0 Å². The maximum absolute atomic E-state index is 6.02. The molecule has 1 atom stereocenters. The molecule has 0 bridgehead atoms. The van der Waals surface area contributed by atoms with Gasteiger partial charge in [0.25, 0.3) is 0 Å². The van der Waals surface area contributed by atoms with Crippen molar-refractivity contribution in [3.8, 4) is 0 Å². The maximum Gasteiger partial charge on any atom is 0.0494 e. The van der Waals surface area contributed by atoms with Gasteiger partial charge in [-0.25, -0.2) is 0 Å². The first-order valence-electron chi connectivity index (χ1n) is 4.52. The fourth-order valence-corrected chi connectivity index (χ4v) is 1.48. The van der Waals surface area contributed by atoms with Crippen molar-refractivity contribution in [1.29, 1.82) is 0 Å². The van der Waals surface area contributed by atoms with Gasteiger partial charge >= 0.3 is 0 Å². The molecule has 0 spiro atoms. The number of aryl methyl sites for hydroxylation is 1. The molecule has 0 aliphatic heterocycles. The zero-order chi connectivity index (χ0) is 10.6. The largest absolute Gasteiger partial charge is 0.271 e. The van der Waals surface area contributed by atoms with Gasteiger partial charge in [0.1, 0.15) is 0 Å². The summed E-state index contributed by atoms with van der Waals surface area (Å²) in [5, 5.41) is 0.770. The fraction of sp³-hybridized carbons (Fsp3) is 0.273. The third kappa shape index (κ3) is 2.58. The van der Waals surface area contributed by atoms with E-state index in [1.165, 1.54) is 0 Å². The molecule has 0 saturated carbocycles. The zero-order valence-electron chi connectivity index (χ0n) is 8.26. The Bertz CT molecular complexity index is 323. The molecule has 0 saturated heterocycles. The van der Waals surface area contributed by atoms with E-state index in [0.717, 1.165) is 22.6 Å². The topological polar surface area (TPSA) is 38.0 Å². The van der Waals surface area contributed by atoms with Crippen molar-refractivity contribution >= 4 is 11.6 Å². The Labute approximate surface area is 89.7 Å². The number of hydrogen-bond acceptors (Lipinski definition) is 2. The van der Waals surface area contributed by atoms with E-state index in [-0.39, 0.29) is 6.04 Å². The van der Waals surface area contributed by atoms with Crippen molar-refractivity contribution in [3.63, 3.8) is 0 Å². The van der Waals surface area contributed by atoms with Crippen molar-refractivity contribution in [2.24, 2.45) is 5.84 Å². The molecule has 0 fully saturated rings. The van der Waals surface area contributed by atoms with E-state index < -0.39 is 0 Å². The lowest BCUT2D eigenvalue weighted by molar-refractivity contribution is 0.561. The Morgan fingerprint density at radius 1 is 1.64 bits per heavy atom. The summed E-state index contributed by atoms with van der Waals surface area (Å²) in [5.41, 5.74) is 4.90. The molecule has 1 aromatic rings. The average Bonchev–Trinajstić information content (AvgIpc) is 2.19. The highest BCUT2D eigenvalue weighted by Gasteiger charge is 2.08. The minimum absolute atomic E-state index is 0.0885. The summed E-state index contributed by atoms with van der Waals surface area (Å²) < 4.78 is 0. The molecule has 1 unspecified atom stereocenters. The van der Waals surface area contributed by atoms with Gasteiger partial charge in [-0.05, 0) is 30.5 Å². The van der Waals surface area contributed by atoms with Gasteiger partial charge in [-0.3, -0.25) is 11.3 Å². The zero-order valence-corrected chi connectivity index (χ0v) is 9.01. The summed E-state index contributed by atoms with van der Waals surface area (Å²) in [6.07, 6.45) is 2.62. The molecular weight excluding hydrogens is 196 g/mol. The van der Waals surface area contributed by atoms with E-state index in [1.807, 2.05) is 31.2 Å². The van der Waals surface area contributed by atoms with Crippen LogP contribution in [0.5, 0.6) is 0 Å². The van der Waals surface area contributed by atoms with Gasteiger partial charge < -0.3 is 0 Å². The van der Waals surface area contributed by atoms with Crippen molar-refractivity contribution in [2.45, 2.75) is 19.4 Å². The number of hydrazine groups is 1. The Morgan fingerprint density at radius 3 is 2.86 bits per heavy atom. The Hall–Kier alpha value is -0.830. The van der Waals surface area contributed by atoms with Gasteiger partial charge in [-0.2, -0.15) is 0 Å². The molecule has 3 heteroatoms. The Morgan fingerprint density at radius 2 is 2.36 bits per heavy atom. The van der Waals surface area contributed by atoms with Crippen LogP contribution in [0, 0.1) is 6.92 Å². The van der Waals surface area contributed by atoms with Crippen LogP contribution < -0.4 is 11.3 Å². The Balaban J connectivity index is 2.93. The number of hydrogen-bond donors (Lipinski definition) is 2. The number of nitrogens with two attached hydrogens (primary N) is 1. The second kappa shape index (κ2) is 5.15. The highest BCUT2D eigenvalue weighted by molar-refractivity contribution is 6.31. The third-order valence-corrected chi connectivity index (χ3v) is 2.61. The molecule has 0 aliphatic rings. The van der Waals surface area contributed by atoms with Crippen LogP contribution >= 0.6 is 11.6 Å². The van der Waals surface area contributed by atoms with E-state index in [0.29, 0.717) is 0 Å². The summed E-state index contributed by atoms with van der Waals surface area (Å²) >= 11 is 6.02. The first-order valence-corrected chi connectivity index (χ1v) is 4.90. The number of nitrogens with one attached hydrogen (secondary N) is 1. The molecule has 3 N–H and O–H groups in total. The van der Waals surface area contributed by atoms with E-state index in [1.54, 1.807) is 0 Å². The molecule has 14 heavy (non-hydrogen) atoms. The van der Waals surface area contributed by atoms with Crippen LogP contribution in [0.3, 0.4) is 0 Å². The van der Waals surface area contributed by atoms with Crippen molar-refractivity contribution in [2.75, 3.05) is 0 Å². The standard InChI is InChI=1S/C11H15ClN2/c1-3-4-11(14-13)9-6-5-8(2)10(12)7-9/h3,5-7,11,14H,1,4,13H2,2H3. The lowest BCUT2D eigenvalue weighted by Crippen LogP contribution is -2.27. The normalized spacial score (nSPS) is 12.5. The van der Waals surface area contributed by atoms with E-state index in [9.17, 15) is 0 Å². The fourth-order valence-electron chi connectivity index (χ4n) is 1.29. The van der Waals surface area contributed by atoms with Crippen molar-refractivity contribution in [1.82, 2.24) is 5.43 Å². The molecule has 0 heterocycles. The monoisotopic (exact) mass is 210 g/mol. The minimum atomic E-state index is 0.0885. The van der Waals surface area contributed by atoms with Crippen LogP contribution in [-0.2, 0) is 0 Å². The predicted octanol–water partition coefficient (Wildman–Crippen LogP) is 2.73. The second-order valence-corrected chi connectivity index (χ2v) is 3.66. The molecule has 0 radical (unpaired) electrons. The first-order chi connectivity index (χ1) is 6.69. The lowest BCUT2D eigenvalue weighted by Gasteiger charge is -2.14. The van der Waals surface area contributed by atoms with Crippen LogP contribution in [0.2, 0.25) is 5.02 Å². The Kier molecular flexibility index (Phi) is 4.14. The molecule has 0 aliphatic carbocycles. The third-order valence-electron chi connectivity index (χ3n) is 2.20. The van der Waals surface area contributed by atoms with Gasteiger partial charge in [0.15, 0.2) is 0 Å². The van der Waals surface area contributed by atoms with Gasteiger partial charge in [0.2, 0.25) is 0 Å². The van der Waals surface area contributed by atoms with E-state index in [2.05, 4.69) is 12.0 Å². The summed E-state index contributed by atoms with van der Waals surface area (Å²) in [6.45, 7) is 5.66. The summed E-state index contributed by atoms with van der Waals surface area (Å²) in [7, 11) is 0. The van der Waals surface area contributed by atoms with Gasteiger partial charge in [0.05, 0.1) is 0 Å².